The Morgan fingerprint density at radius 2 is 1.74 bits per heavy atom. The molecule has 3 rings (SSSR count). The summed E-state index contributed by atoms with van der Waals surface area (Å²) in [4.78, 5) is 17.0. The van der Waals surface area contributed by atoms with E-state index in [0.717, 1.165) is 18.2 Å². The van der Waals surface area contributed by atoms with Crippen molar-refractivity contribution in [1.82, 2.24) is 5.48 Å². The normalized spacial score (nSPS) is 18.9. The van der Waals surface area contributed by atoms with Crippen LogP contribution in [-0.4, -0.2) is 17.9 Å². The molecule has 2 aromatic carbocycles. The molecule has 2 aromatic rings. The smallest absolute Gasteiger partial charge is 0.428 e. The molecule has 0 saturated carbocycles. The largest absolute Gasteiger partial charge is 0.444 e. The number of ether oxygens (including phenoxy) is 1. The number of alkyl halides is 3. The topological polar surface area (TPSA) is 59.6 Å². The maximum absolute atomic E-state index is 14.1. The van der Waals surface area contributed by atoms with Crippen LogP contribution in [0.15, 0.2) is 48.5 Å². The summed E-state index contributed by atoms with van der Waals surface area (Å²) in [5.41, 5.74) is -0.687. The predicted octanol–water partition coefficient (Wildman–Crippen LogP) is 6.67. The Hall–Kier alpha value is -2.42. The fourth-order valence-corrected chi connectivity index (χ4v) is 3.47. The molecule has 0 radical (unpaired) electrons. The zero-order chi connectivity index (χ0) is 23.0. The lowest BCUT2D eigenvalue weighted by atomic mass is 9.91. The van der Waals surface area contributed by atoms with Gasteiger partial charge in [0.1, 0.15) is 5.60 Å². The van der Waals surface area contributed by atoms with Gasteiger partial charge in [-0.2, -0.15) is 13.2 Å². The minimum Gasteiger partial charge on any atom is -0.444 e. The highest BCUT2D eigenvalue weighted by molar-refractivity contribution is 6.34. The Balaban J connectivity index is 1.96. The van der Waals surface area contributed by atoms with Gasteiger partial charge in [0, 0.05) is 26.9 Å². The number of carbonyl (C=O) groups is 1. The molecule has 0 aromatic heterocycles. The summed E-state index contributed by atoms with van der Waals surface area (Å²) in [6, 6.07) is 9.83. The number of benzene rings is 2. The molecular weight excluding hydrogens is 456 g/mol. The minimum absolute atomic E-state index is 0.0418. The second-order valence-electron chi connectivity index (χ2n) is 7.86. The van der Waals surface area contributed by atoms with Crippen LogP contribution < -0.4 is 10.8 Å². The van der Waals surface area contributed by atoms with Gasteiger partial charge < -0.3 is 4.74 Å². The maximum atomic E-state index is 14.1. The van der Waals surface area contributed by atoms with Crippen molar-refractivity contribution in [1.29, 1.82) is 0 Å². The number of anilines is 1. The molecule has 0 saturated heterocycles. The van der Waals surface area contributed by atoms with E-state index in [-0.39, 0.29) is 21.3 Å². The van der Waals surface area contributed by atoms with E-state index < -0.39 is 23.5 Å². The third kappa shape index (κ3) is 5.26. The van der Waals surface area contributed by atoms with Crippen LogP contribution in [0.2, 0.25) is 10.0 Å². The molecule has 1 amide bonds. The first kappa shape index (κ1) is 23.2. The lowest BCUT2D eigenvalue weighted by Crippen LogP contribution is -2.42. The highest BCUT2D eigenvalue weighted by Gasteiger charge is 2.59. The molecule has 166 valence electrons. The van der Waals surface area contributed by atoms with Crippen molar-refractivity contribution in [2.75, 3.05) is 5.32 Å². The van der Waals surface area contributed by atoms with Crippen molar-refractivity contribution >= 4 is 40.7 Å². The van der Waals surface area contributed by atoms with E-state index in [1.54, 1.807) is 39.0 Å². The van der Waals surface area contributed by atoms with Crippen LogP contribution in [0.4, 0.5) is 23.7 Å². The molecule has 0 bridgehead atoms. The summed E-state index contributed by atoms with van der Waals surface area (Å²) in [6.07, 6.45) is -4.60. The van der Waals surface area contributed by atoms with Gasteiger partial charge >= 0.3 is 12.3 Å². The van der Waals surface area contributed by atoms with Crippen molar-refractivity contribution in [3.63, 3.8) is 0 Å². The van der Waals surface area contributed by atoms with Gasteiger partial charge in [-0.3, -0.25) is 15.6 Å². The Bertz CT molecular complexity index is 1020. The minimum atomic E-state index is -4.82. The molecule has 0 fully saturated rings. The van der Waals surface area contributed by atoms with E-state index in [1.165, 1.54) is 12.1 Å². The summed E-state index contributed by atoms with van der Waals surface area (Å²) < 4.78 is 47.5. The molecule has 5 nitrogen and oxygen atoms in total. The van der Waals surface area contributed by atoms with E-state index in [0.29, 0.717) is 11.3 Å². The Kier molecular flexibility index (Phi) is 6.19. The molecule has 1 aliphatic rings. The van der Waals surface area contributed by atoms with Gasteiger partial charge in [0.25, 0.3) is 0 Å². The molecule has 1 unspecified atom stereocenters. The number of hydrogen-bond acceptors (Lipinski definition) is 4. The van der Waals surface area contributed by atoms with Gasteiger partial charge in [-0.05, 0) is 57.2 Å². The average Bonchev–Trinajstić information content (AvgIpc) is 3.06. The number of nitrogens with one attached hydrogen (secondary N) is 2. The second kappa shape index (κ2) is 8.26. The third-order valence-corrected chi connectivity index (χ3v) is 4.64. The SMILES string of the molecule is CC(C)(C)OC(=O)Nc1cccc(C2=CC(c3cc(Cl)cc(Cl)c3)(C(F)(F)F)ON2)c1. The Labute approximate surface area is 187 Å². The molecule has 1 aliphatic heterocycles. The van der Waals surface area contributed by atoms with Crippen LogP contribution >= 0.6 is 23.2 Å². The molecule has 1 heterocycles. The maximum Gasteiger partial charge on any atom is 0.428 e. The third-order valence-electron chi connectivity index (χ3n) is 4.20. The lowest BCUT2D eigenvalue weighted by molar-refractivity contribution is -0.269. The molecule has 31 heavy (non-hydrogen) atoms. The lowest BCUT2D eigenvalue weighted by Gasteiger charge is -2.28. The van der Waals surface area contributed by atoms with Crippen molar-refractivity contribution < 1.29 is 27.5 Å². The van der Waals surface area contributed by atoms with Gasteiger partial charge in [-0.15, -0.1) is 0 Å². The molecule has 10 heteroatoms. The summed E-state index contributed by atoms with van der Waals surface area (Å²) >= 11 is 11.8. The molecule has 0 spiro atoms. The van der Waals surface area contributed by atoms with Gasteiger partial charge in [0.15, 0.2) is 0 Å². The fourth-order valence-electron chi connectivity index (χ4n) is 2.94. The number of amides is 1. The van der Waals surface area contributed by atoms with Crippen LogP contribution in [0.5, 0.6) is 0 Å². The fraction of sp³-hybridized carbons (Fsp3) is 0.286. The zero-order valence-electron chi connectivity index (χ0n) is 16.7. The van der Waals surface area contributed by atoms with E-state index in [1.807, 2.05) is 0 Å². The van der Waals surface area contributed by atoms with Crippen LogP contribution in [-0.2, 0) is 15.2 Å². The van der Waals surface area contributed by atoms with Crippen LogP contribution in [0.3, 0.4) is 0 Å². The quantitative estimate of drug-likeness (QED) is 0.521. The predicted molar refractivity (Wildman–Crippen MR) is 113 cm³/mol. The first-order valence-electron chi connectivity index (χ1n) is 9.10. The Morgan fingerprint density at radius 3 is 2.32 bits per heavy atom. The first-order valence-corrected chi connectivity index (χ1v) is 9.85. The van der Waals surface area contributed by atoms with Crippen molar-refractivity contribution in [2.24, 2.45) is 0 Å². The summed E-state index contributed by atoms with van der Waals surface area (Å²) in [6.45, 7) is 5.14. The summed E-state index contributed by atoms with van der Waals surface area (Å²) in [7, 11) is 0. The molecular formula is C21H19Cl2F3N2O3. The van der Waals surface area contributed by atoms with Crippen molar-refractivity contribution in [2.45, 2.75) is 38.1 Å². The van der Waals surface area contributed by atoms with Crippen molar-refractivity contribution in [3.05, 3.63) is 69.7 Å². The highest BCUT2D eigenvalue weighted by Crippen LogP contribution is 2.48. The number of hydrogen-bond donors (Lipinski definition) is 2. The van der Waals surface area contributed by atoms with E-state index in [4.69, 9.17) is 32.8 Å². The number of carbonyl (C=O) groups excluding carboxylic acids is 1. The van der Waals surface area contributed by atoms with Gasteiger partial charge in [-0.1, -0.05) is 35.3 Å². The molecule has 2 N–H and O–H groups in total. The number of halogens is 5. The summed E-state index contributed by atoms with van der Waals surface area (Å²) in [5.74, 6) is 0. The van der Waals surface area contributed by atoms with Crippen LogP contribution in [0, 0.1) is 0 Å². The number of rotatable bonds is 3. The zero-order valence-corrected chi connectivity index (χ0v) is 18.2. The average molecular weight is 475 g/mol. The van der Waals surface area contributed by atoms with Crippen LogP contribution in [0.1, 0.15) is 31.9 Å². The standard InChI is InChI=1S/C21H19Cl2F3N2O3/c1-19(2,3)30-18(29)27-16-6-4-5-12(7-16)17-11-20(31-28-17,21(24,25)26)13-8-14(22)10-15(23)9-13/h4-11,28H,1-3H3,(H,27,29). The first-order chi connectivity index (χ1) is 14.3. The molecule has 0 aliphatic carbocycles. The van der Waals surface area contributed by atoms with E-state index >= 15 is 0 Å². The van der Waals surface area contributed by atoms with Gasteiger partial charge in [-0.25, -0.2) is 4.79 Å². The van der Waals surface area contributed by atoms with Crippen molar-refractivity contribution in [3.8, 4) is 0 Å². The number of hydroxylamine groups is 1. The van der Waals surface area contributed by atoms with E-state index in [9.17, 15) is 18.0 Å². The Morgan fingerprint density at radius 1 is 1.10 bits per heavy atom. The summed E-state index contributed by atoms with van der Waals surface area (Å²) in [5, 5.41) is 2.63. The van der Waals surface area contributed by atoms with Gasteiger partial charge in [0.05, 0.1) is 5.70 Å². The van der Waals surface area contributed by atoms with E-state index in [2.05, 4.69) is 10.8 Å². The monoisotopic (exact) mass is 474 g/mol. The molecule has 1 atom stereocenters. The second-order valence-corrected chi connectivity index (χ2v) is 8.73. The van der Waals surface area contributed by atoms with Crippen LogP contribution in [0.25, 0.3) is 5.70 Å². The van der Waals surface area contributed by atoms with Gasteiger partial charge in [0.2, 0.25) is 5.60 Å². The highest BCUT2D eigenvalue weighted by atomic mass is 35.5.